The Balaban J connectivity index is 3.80. The third-order valence-corrected chi connectivity index (χ3v) is 1.34. The number of carbonyl (C=O) groups is 1. The summed E-state index contributed by atoms with van der Waals surface area (Å²) < 4.78 is 0. The molecule has 0 heterocycles. The number of hydrogen-bond donors (Lipinski definition) is 2. The Morgan fingerprint density at radius 1 is 1.64 bits per heavy atom. The SMILES string of the molecule is CCCNC(C(=O)O)N(C)C. The molecule has 0 aromatic rings. The van der Waals surface area contributed by atoms with Crippen LogP contribution in [0.2, 0.25) is 0 Å². The van der Waals surface area contributed by atoms with Gasteiger partial charge in [0.2, 0.25) is 0 Å². The number of rotatable bonds is 5. The van der Waals surface area contributed by atoms with E-state index in [1.807, 2.05) is 6.92 Å². The molecule has 1 unspecified atom stereocenters. The van der Waals surface area contributed by atoms with Crippen molar-refractivity contribution in [2.75, 3.05) is 20.6 Å². The summed E-state index contributed by atoms with van der Waals surface area (Å²) in [5, 5.41) is 11.6. The zero-order valence-corrected chi connectivity index (χ0v) is 7.29. The fraction of sp³-hybridized carbons (Fsp3) is 0.857. The third-order valence-electron chi connectivity index (χ3n) is 1.34. The Morgan fingerprint density at radius 3 is 2.45 bits per heavy atom. The summed E-state index contributed by atoms with van der Waals surface area (Å²) in [6.07, 6.45) is 0.382. The van der Waals surface area contributed by atoms with Gasteiger partial charge in [0.05, 0.1) is 0 Å². The van der Waals surface area contributed by atoms with Crippen LogP contribution in [-0.2, 0) is 4.79 Å². The fourth-order valence-electron chi connectivity index (χ4n) is 0.772. The molecular weight excluding hydrogens is 144 g/mol. The largest absolute Gasteiger partial charge is 0.479 e. The molecule has 4 nitrogen and oxygen atoms in total. The van der Waals surface area contributed by atoms with E-state index in [2.05, 4.69) is 5.32 Å². The third kappa shape index (κ3) is 3.95. The van der Waals surface area contributed by atoms with Crippen LogP contribution in [-0.4, -0.2) is 42.8 Å². The van der Waals surface area contributed by atoms with Crippen LogP contribution in [0.3, 0.4) is 0 Å². The van der Waals surface area contributed by atoms with Crippen LogP contribution < -0.4 is 5.32 Å². The second-order valence-electron chi connectivity index (χ2n) is 2.66. The maximum absolute atomic E-state index is 10.5. The van der Waals surface area contributed by atoms with Crippen molar-refractivity contribution in [2.45, 2.75) is 19.5 Å². The molecule has 1 atom stereocenters. The number of aliphatic carboxylic acids is 1. The van der Waals surface area contributed by atoms with E-state index in [0.29, 0.717) is 0 Å². The highest BCUT2D eigenvalue weighted by Crippen LogP contribution is 1.88. The van der Waals surface area contributed by atoms with Crippen LogP contribution in [0.1, 0.15) is 13.3 Å². The molecule has 0 aromatic heterocycles. The van der Waals surface area contributed by atoms with Gasteiger partial charge >= 0.3 is 5.97 Å². The molecule has 0 rings (SSSR count). The van der Waals surface area contributed by atoms with Gasteiger partial charge in [-0.15, -0.1) is 0 Å². The molecule has 0 bridgehead atoms. The zero-order valence-electron chi connectivity index (χ0n) is 7.29. The normalized spacial score (nSPS) is 13.5. The smallest absolute Gasteiger partial charge is 0.335 e. The van der Waals surface area contributed by atoms with Crippen molar-refractivity contribution >= 4 is 5.97 Å². The molecule has 66 valence electrons. The zero-order chi connectivity index (χ0) is 8.85. The predicted molar refractivity (Wildman–Crippen MR) is 43.4 cm³/mol. The summed E-state index contributed by atoms with van der Waals surface area (Å²) in [6.45, 7) is 2.73. The van der Waals surface area contributed by atoms with E-state index in [1.165, 1.54) is 0 Å². The highest BCUT2D eigenvalue weighted by Gasteiger charge is 2.17. The van der Waals surface area contributed by atoms with Gasteiger partial charge in [-0.3, -0.25) is 10.2 Å². The van der Waals surface area contributed by atoms with Crippen LogP contribution >= 0.6 is 0 Å². The number of nitrogens with one attached hydrogen (secondary N) is 1. The van der Waals surface area contributed by atoms with E-state index in [0.717, 1.165) is 13.0 Å². The average Bonchev–Trinajstić information content (AvgIpc) is 1.87. The summed E-state index contributed by atoms with van der Waals surface area (Å²) in [6, 6.07) is 0. The monoisotopic (exact) mass is 160 g/mol. The summed E-state index contributed by atoms with van der Waals surface area (Å²) in [5.41, 5.74) is 0. The maximum atomic E-state index is 10.5. The van der Waals surface area contributed by atoms with Gasteiger partial charge < -0.3 is 5.11 Å². The first-order valence-electron chi connectivity index (χ1n) is 3.72. The summed E-state index contributed by atoms with van der Waals surface area (Å²) in [7, 11) is 3.48. The molecule has 11 heavy (non-hydrogen) atoms. The Kier molecular flexibility index (Phi) is 4.81. The van der Waals surface area contributed by atoms with E-state index in [-0.39, 0.29) is 0 Å². The topological polar surface area (TPSA) is 52.6 Å². The molecule has 0 aliphatic heterocycles. The van der Waals surface area contributed by atoms with Crippen LogP contribution in [0.5, 0.6) is 0 Å². The first kappa shape index (κ1) is 10.4. The first-order valence-corrected chi connectivity index (χ1v) is 3.72. The molecule has 0 spiro atoms. The Morgan fingerprint density at radius 2 is 2.18 bits per heavy atom. The van der Waals surface area contributed by atoms with E-state index >= 15 is 0 Å². The minimum absolute atomic E-state index is 0.560. The molecule has 4 heteroatoms. The second kappa shape index (κ2) is 5.09. The van der Waals surface area contributed by atoms with Crippen molar-refractivity contribution in [1.29, 1.82) is 0 Å². The Hall–Kier alpha value is -0.610. The summed E-state index contributed by atoms with van der Waals surface area (Å²) in [5.74, 6) is -0.830. The second-order valence-corrected chi connectivity index (χ2v) is 2.66. The van der Waals surface area contributed by atoms with Crippen LogP contribution in [0.15, 0.2) is 0 Å². The number of hydrogen-bond acceptors (Lipinski definition) is 3. The van der Waals surface area contributed by atoms with Crippen molar-refractivity contribution in [3.8, 4) is 0 Å². The molecule has 0 saturated heterocycles. The van der Waals surface area contributed by atoms with Crippen molar-refractivity contribution in [3.05, 3.63) is 0 Å². The van der Waals surface area contributed by atoms with Crippen molar-refractivity contribution in [3.63, 3.8) is 0 Å². The summed E-state index contributed by atoms with van der Waals surface area (Å²) in [4.78, 5) is 12.2. The van der Waals surface area contributed by atoms with Gasteiger partial charge in [-0.1, -0.05) is 6.92 Å². The van der Waals surface area contributed by atoms with Gasteiger partial charge in [0.1, 0.15) is 0 Å². The van der Waals surface area contributed by atoms with Gasteiger partial charge in [-0.2, -0.15) is 0 Å². The standard InChI is InChI=1S/C7H16N2O2/c1-4-5-8-6(7(10)11)9(2)3/h6,8H,4-5H2,1-3H3,(H,10,11). The highest BCUT2D eigenvalue weighted by molar-refractivity contribution is 5.72. The van der Waals surface area contributed by atoms with Gasteiger partial charge in [0.25, 0.3) is 0 Å². The molecule has 0 aliphatic carbocycles. The molecule has 0 fully saturated rings. The molecular formula is C7H16N2O2. The number of likely N-dealkylation sites (N-methyl/N-ethyl adjacent to an activating group) is 1. The molecule has 0 aliphatic rings. The van der Waals surface area contributed by atoms with E-state index in [1.54, 1.807) is 19.0 Å². The van der Waals surface area contributed by atoms with Crippen LogP contribution in [0, 0.1) is 0 Å². The fourth-order valence-corrected chi connectivity index (χ4v) is 0.772. The molecule has 0 radical (unpaired) electrons. The average molecular weight is 160 g/mol. The Bertz CT molecular complexity index is 126. The number of carboxylic acid groups (broad SMARTS) is 1. The van der Waals surface area contributed by atoms with Gasteiger partial charge in [0, 0.05) is 0 Å². The predicted octanol–water partition coefficient (Wildman–Crippen LogP) is -0.0417. The van der Waals surface area contributed by atoms with Gasteiger partial charge in [-0.25, -0.2) is 4.79 Å². The van der Waals surface area contributed by atoms with Crippen molar-refractivity contribution in [2.24, 2.45) is 0 Å². The quantitative estimate of drug-likeness (QED) is 0.554. The first-order chi connectivity index (χ1) is 5.09. The summed E-state index contributed by atoms with van der Waals surface area (Å²) >= 11 is 0. The van der Waals surface area contributed by atoms with Crippen LogP contribution in [0.4, 0.5) is 0 Å². The van der Waals surface area contributed by atoms with Gasteiger partial charge in [-0.05, 0) is 27.1 Å². The minimum Gasteiger partial charge on any atom is -0.479 e. The number of carboxylic acids is 1. The van der Waals surface area contributed by atoms with Crippen molar-refractivity contribution < 1.29 is 9.90 Å². The van der Waals surface area contributed by atoms with Crippen LogP contribution in [0.25, 0.3) is 0 Å². The highest BCUT2D eigenvalue weighted by atomic mass is 16.4. The maximum Gasteiger partial charge on any atom is 0.335 e. The van der Waals surface area contributed by atoms with E-state index in [4.69, 9.17) is 5.11 Å². The van der Waals surface area contributed by atoms with Gasteiger partial charge in [0.15, 0.2) is 6.17 Å². The molecule has 2 N–H and O–H groups in total. The lowest BCUT2D eigenvalue weighted by Crippen LogP contribution is -2.47. The van der Waals surface area contributed by atoms with E-state index in [9.17, 15) is 4.79 Å². The molecule has 0 amide bonds. The Labute approximate surface area is 67.2 Å². The minimum atomic E-state index is -0.830. The lowest BCUT2D eigenvalue weighted by Gasteiger charge is -2.20. The van der Waals surface area contributed by atoms with E-state index < -0.39 is 12.1 Å². The van der Waals surface area contributed by atoms with Crippen molar-refractivity contribution in [1.82, 2.24) is 10.2 Å². The molecule has 0 saturated carbocycles. The lowest BCUT2D eigenvalue weighted by molar-refractivity contribution is -0.143. The molecule has 0 aromatic carbocycles. The lowest BCUT2D eigenvalue weighted by atomic mass is 10.4. The number of nitrogens with zero attached hydrogens (tertiary/aromatic N) is 1.